The van der Waals surface area contributed by atoms with E-state index in [9.17, 15) is 14.9 Å². The molecule has 0 aromatic heterocycles. The number of benzene rings is 1. The zero-order valence-corrected chi connectivity index (χ0v) is 15.7. The summed E-state index contributed by atoms with van der Waals surface area (Å²) in [6, 6.07) is 4.35. The highest BCUT2D eigenvalue weighted by Crippen LogP contribution is 2.29. The quantitative estimate of drug-likeness (QED) is 0.417. The molecular weight excluding hydrogens is 362 g/mol. The Labute approximate surface area is 159 Å². The van der Waals surface area contributed by atoms with Gasteiger partial charge in [0.15, 0.2) is 5.75 Å². The number of carbonyl (C=O) groups excluding carboxylic acids is 1. The number of halogens is 1. The van der Waals surface area contributed by atoms with Gasteiger partial charge < -0.3 is 20.1 Å². The predicted molar refractivity (Wildman–Crippen MR) is 100 cm³/mol. The highest BCUT2D eigenvalue weighted by Gasteiger charge is 2.26. The van der Waals surface area contributed by atoms with Gasteiger partial charge in [0, 0.05) is 31.3 Å². The minimum atomic E-state index is -0.528. The zero-order valence-electron chi connectivity index (χ0n) is 14.9. The number of nitro groups is 1. The van der Waals surface area contributed by atoms with Gasteiger partial charge in [0.1, 0.15) is 0 Å². The number of amides is 1. The number of likely N-dealkylation sites (tertiary alicyclic amines) is 1. The molecule has 1 aromatic rings. The number of piperidine rings is 1. The maximum absolute atomic E-state index is 12.6. The van der Waals surface area contributed by atoms with E-state index in [1.165, 1.54) is 12.1 Å². The highest BCUT2D eigenvalue weighted by atomic mass is 35.5. The van der Waals surface area contributed by atoms with E-state index in [1.807, 2.05) is 0 Å². The first kappa shape index (κ1) is 22.1. The second-order valence-electron chi connectivity index (χ2n) is 5.88. The van der Waals surface area contributed by atoms with Crippen LogP contribution in [0, 0.1) is 10.1 Å². The molecule has 1 saturated heterocycles. The predicted octanol–water partition coefficient (Wildman–Crippen LogP) is 2.39. The third kappa shape index (κ3) is 5.82. The summed E-state index contributed by atoms with van der Waals surface area (Å²) in [6.45, 7) is 4.47. The molecular formula is C17H26ClN3O5. The molecule has 0 saturated carbocycles. The Morgan fingerprint density at radius 2 is 2.08 bits per heavy atom. The van der Waals surface area contributed by atoms with Crippen LogP contribution in [0.2, 0.25) is 0 Å². The Balaban J connectivity index is 0.00000338. The third-order valence-electron chi connectivity index (χ3n) is 4.13. The van der Waals surface area contributed by atoms with Gasteiger partial charge in [0.2, 0.25) is 0 Å². The Morgan fingerprint density at radius 1 is 1.38 bits per heavy atom. The van der Waals surface area contributed by atoms with E-state index in [0.29, 0.717) is 38.4 Å². The molecule has 0 bridgehead atoms. The molecule has 0 aliphatic carbocycles. The topological polar surface area (TPSA) is 108 Å². The van der Waals surface area contributed by atoms with Crippen LogP contribution in [-0.4, -0.2) is 54.7 Å². The first-order chi connectivity index (χ1) is 12.1. The lowest BCUT2D eigenvalue weighted by Gasteiger charge is -2.32. The van der Waals surface area contributed by atoms with Gasteiger partial charge in [-0.15, -0.1) is 12.4 Å². The normalized spacial score (nSPS) is 14.6. The van der Waals surface area contributed by atoms with Gasteiger partial charge in [-0.3, -0.25) is 14.9 Å². The van der Waals surface area contributed by atoms with Crippen molar-refractivity contribution in [1.29, 1.82) is 0 Å². The monoisotopic (exact) mass is 387 g/mol. The first-order valence-electron chi connectivity index (χ1n) is 8.59. The van der Waals surface area contributed by atoms with Gasteiger partial charge in [-0.2, -0.15) is 0 Å². The van der Waals surface area contributed by atoms with Gasteiger partial charge in [-0.1, -0.05) is 0 Å². The summed E-state index contributed by atoms with van der Waals surface area (Å²) in [5.41, 5.74) is 5.56. The summed E-state index contributed by atoms with van der Waals surface area (Å²) in [6.07, 6.45) is 2.49. The van der Waals surface area contributed by atoms with Crippen molar-refractivity contribution in [3.8, 4) is 5.75 Å². The fraction of sp³-hybridized carbons (Fsp3) is 0.588. The largest absolute Gasteiger partial charge is 0.487 e. The van der Waals surface area contributed by atoms with Gasteiger partial charge in [0.05, 0.1) is 17.6 Å². The molecule has 1 heterocycles. The van der Waals surface area contributed by atoms with Crippen LogP contribution in [0.15, 0.2) is 18.2 Å². The average Bonchev–Trinajstić information content (AvgIpc) is 2.62. The standard InChI is InChI=1S/C17H25N3O5.ClH/c1-2-24-16-5-4-13(12-15(16)20(22)23)17(21)19-9-6-14(7-10-19)25-11-3-8-18;/h4-5,12,14H,2-3,6-11,18H2,1H3;1H. The number of carbonyl (C=O) groups is 1. The number of nitrogens with two attached hydrogens (primary N) is 1. The molecule has 2 rings (SSSR count). The first-order valence-corrected chi connectivity index (χ1v) is 8.59. The Kier molecular flexibility index (Phi) is 9.32. The summed E-state index contributed by atoms with van der Waals surface area (Å²) in [5, 5.41) is 11.2. The highest BCUT2D eigenvalue weighted by molar-refractivity contribution is 5.95. The SMILES string of the molecule is CCOc1ccc(C(=O)N2CCC(OCCCN)CC2)cc1[N+](=O)[O-].Cl. The lowest BCUT2D eigenvalue weighted by atomic mass is 10.1. The van der Waals surface area contributed by atoms with Crippen molar-refractivity contribution in [2.45, 2.75) is 32.3 Å². The smallest absolute Gasteiger partial charge is 0.311 e. The van der Waals surface area contributed by atoms with Crippen molar-refractivity contribution in [3.63, 3.8) is 0 Å². The molecule has 26 heavy (non-hydrogen) atoms. The van der Waals surface area contributed by atoms with Gasteiger partial charge >= 0.3 is 5.69 Å². The maximum atomic E-state index is 12.6. The lowest BCUT2D eigenvalue weighted by molar-refractivity contribution is -0.385. The molecule has 1 amide bonds. The summed E-state index contributed by atoms with van der Waals surface area (Å²) in [7, 11) is 0. The lowest BCUT2D eigenvalue weighted by Crippen LogP contribution is -2.41. The molecule has 0 spiro atoms. The van der Waals surface area contributed by atoms with E-state index in [1.54, 1.807) is 17.9 Å². The molecule has 0 radical (unpaired) electrons. The van der Waals surface area contributed by atoms with E-state index < -0.39 is 4.92 Å². The summed E-state index contributed by atoms with van der Waals surface area (Å²) < 4.78 is 11.0. The fourth-order valence-corrected chi connectivity index (χ4v) is 2.81. The van der Waals surface area contributed by atoms with Crippen molar-refractivity contribution in [3.05, 3.63) is 33.9 Å². The third-order valence-corrected chi connectivity index (χ3v) is 4.13. The van der Waals surface area contributed by atoms with Gasteiger partial charge in [-0.05, 0) is 44.9 Å². The summed E-state index contributed by atoms with van der Waals surface area (Å²) in [4.78, 5) is 25.0. The molecule has 0 unspecified atom stereocenters. The average molecular weight is 388 g/mol. The van der Waals surface area contributed by atoms with Crippen LogP contribution in [0.1, 0.15) is 36.5 Å². The molecule has 1 aliphatic rings. The van der Waals surface area contributed by atoms with Crippen molar-refractivity contribution in [2.24, 2.45) is 5.73 Å². The minimum absolute atomic E-state index is 0. The Morgan fingerprint density at radius 3 is 2.65 bits per heavy atom. The number of ether oxygens (including phenoxy) is 2. The summed E-state index contributed by atoms with van der Waals surface area (Å²) in [5.74, 6) is -0.0254. The van der Waals surface area contributed by atoms with E-state index in [2.05, 4.69) is 0 Å². The van der Waals surface area contributed by atoms with Gasteiger partial charge in [0.25, 0.3) is 5.91 Å². The van der Waals surface area contributed by atoms with Crippen LogP contribution in [0.4, 0.5) is 5.69 Å². The van der Waals surface area contributed by atoms with Crippen LogP contribution in [0.3, 0.4) is 0 Å². The second-order valence-corrected chi connectivity index (χ2v) is 5.88. The molecule has 146 valence electrons. The van der Waals surface area contributed by atoms with Crippen LogP contribution in [0.25, 0.3) is 0 Å². The molecule has 0 atom stereocenters. The van der Waals surface area contributed by atoms with Gasteiger partial charge in [-0.25, -0.2) is 0 Å². The Hall–Kier alpha value is -1.90. The van der Waals surface area contributed by atoms with Crippen LogP contribution >= 0.6 is 12.4 Å². The Bertz CT molecular complexity index is 606. The molecule has 1 aromatic carbocycles. The molecule has 8 nitrogen and oxygen atoms in total. The number of rotatable bonds is 8. The van der Waals surface area contributed by atoms with E-state index in [4.69, 9.17) is 15.2 Å². The minimum Gasteiger partial charge on any atom is -0.487 e. The van der Waals surface area contributed by atoms with Crippen molar-refractivity contribution in [2.75, 3.05) is 32.8 Å². The fourth-order valence-electron chi connectivity index (χ4n) is 2.81. The van der Waals surface area contributed by atoms with Crippen molar-refractivity contribution < 1.29 is 19.2 Å². The second kappa shape index (κ2) is 10.9. The zero-order chi connectivity index (χ0) is 18.2. The number of hydrogen-bond donors (Lipinski definition) is 1. The molecule has 9 heteroatoms. The number of nitro benzene ring substituents is 1. The molecule has 2 N–H and O–H groups in total. The summed E-state index contributed by atoms with van der Waals surface area (Å²) >= 11 is 0. The maximum Gasteiger partial charge on any atom is 0.311 e. The van der Waals surface area contributed by atoms with Crippen LogP contribution in [0.5, 0.6) is 5.75 Å². The van der Waals surface area contributed by atoms with Crippen LogP contribution < -0.4 is 10.5 Å². The van der Waals surface area contributed by atoms with E-state index >= 15 is 0 Å². The number of hydrogen-bond acceptors (Lipinski definition) is 6. The van der Waals surface area contributed by atoms with Crippen molar-refractivity contribution >= 4 is 24.0 Å². The van der Waals surface area contributed by atoms with Crippen molar-refractivity contribution in [1.82, 2.24) is 4.90 Å². The van der Waals surface area contributed by atoms with E-state index in [-0.39, 0.29) is 35.9 Å². The van der Waals surface area contributed by atoms with E-state index in [0.717, 1.165) is 19.3 Å². The number of nitrogens with zero attached hydrogens (tertiary/aromatic N) is 2. The van der Waals surface area contributed by atoms with Crippen LogP contribution in [-0.2, 0) is 4.74 Å². The molecule has 1 aliphatic heterocycles. The molecule has 1 fully saturated rings.